The first-order valence-electron chi connectivity index (χ1n) is 7.51. The van der Waals surface area contributed by atoms with Crippen molar-refractivity contribution in [2.45, 2.75) is 44.9 Å². The number of carbonyl (C=O) groups excluding carboxylic acids is 1. The van der Waals surface area contributed by atoms with E-state index in [0.29, 0.717) is 24.0 Å². The van der Waals surface area contributed by atoms with Gasteiger partial charge in [-0.25, -0.2) is 14.8 Å². The lowest BCUT2D eigenvalue weighted by atomic mass is 10.2. The van der Waals surface area contributed by atoms with Crippen molar-refractivity contribution in [3.63, 3.8) is 0 Å². The molecule has 1 aliphatic heterocycles. The molecule has 1 fully saturated rings. The number of carbonyl (C=O) groups is 1. The monoisotopic (exact) mass is 359 g/mol. The third-order valence-corrected chi connectivity index (χ3v) is 5.18. The first kappa shape index (κ1) is 18.1. The lowest BCUT2D eigenvalue weighted by molar-refractivity contribution is 0.0289. The molecule has 1 aromatic rings. The van der Waals surface area contributed by atoms with Crippen LogP contribution in [0.25, 0.3) is 0 Å². The van der Waals surface area contributed by atoms with Crippen LogP contribution in [0.1, 0.15) is 32.8 Å². The number of halogens is 1. The minimum absolute atomic E-state index is 0.145. The molecule has 8 heteroatoms. The van der Waals surface area contributed by atoms with E-state index in [1.165, 1.54) is 0 Å². The van der Waals surface area contributed by atoms with Gasteiger partial charge in [0.05, 0.1) is 10.8 Å². The van der Waals surface area contributed by atoms with Gasteiger partial charge in [-0.2, -0.15) is 0 Å². The van der Waals surface area contributed by atoms with Crippen molar-refractivity contribution in [1.29, 1.82) is 0 Å². The van der Waals surface area contributed by atoms with Gasteiger partial charge in [-0.05, 0) is 40.0 Å². The molecule has 23 heavy (non-hydrogen) atoms. The molecule has 128 valence electrons. The number of ether oxygens (including phenoxy) is 1. The number of likely N-dealkylation sites (tertiary alicyclic amines) is 1. The van der Waals surface area contributed by atoms with Gasteiger partial charge in [0.2, 0.25) is 5.16 Å². The van der Waals surface area contributed by atoms with E-state index < -0.39 is 16.4 Å². The zero-order valence-corrected chi connectivity index (χ0v) is 15.4. The molecule has 6 nitrogen and oxygen atoms in total. The average Bonchev–Trinajstić information content (AvgIpc) is 2.88. The van der Waals surface area contributed by atoms with Gasteiger partial charge >= 0.3 is 6.09 Å². The fraction of sp³-hybridized carbons (Fsp3) is 0.667. The van der Waals surface area contributed by atoms with E-state index in [0.717, 1.165) is 12.0 Å². The van der Waals surface area contributed by atoms with Crippen molar-refractivity contribution < 1.29 is 13.7 Å². The molecule has 0 radical (unpaired) electrons. The Kier molecular flexibility index (Phi) is 5.62. The van der Waals surface area contributed by atoms with E-state index in [1.807, 2.05) is 20.8 Å². The second-order valence-electron chi connectivity index (χ2n) is 6.72. The number of amides is 1. The lowest BCUT2D eigenvalue weighted by Gasteiger charge is -2.24. The van der Waals surface area contributed by atoms with Crippen LogP contribution in [0.4, 0.5) is 4.79 Å². The first-order valence-corrected chi connectivity index (χ1v) is 9.21. The normalized spacial score (nSPS) is 19.7. The zero-order chi connectivity index (χ0) is 17.2. The van der Waals surface area contributed by atoms with Crippen LogP contribution in [-0.2, 0) is 15.5 Å². The summed E-state index contributed by atoms with van der Waals surface area (Å²) in [5.74, 6) is 0.561. The van der Waals surface area contributed by atoms with Crippen LogP contribution in [0.3, 0.4) is 0 Å². The van der Waals surface area contributed by atoms with Crippen LogP contribution >= 0.6 is 11.6 Å². The molecule has 0 bridgehead atoms. The molecule has 0 unspecified atom stereocenters. The molecular formula is C15H22ClN3O3S. The highest BCUT2D eigenvalue weighted by Crippen LogP contribution is 2.22. The summed E-state index contributed by atoms with van der Waals surface area (Å²) in [6, 6.07) is 0. The van der Waals surface area contributed by atoms with E-state index in [1.54, 1.807) is 18.0 Å². The highest BCUT2D eigenvalue weighted by molar-refractivity contribution is 7.84. The van der Waals surface area contributed by atoms with Gasteiger partial charge in [0.25, 0.3) is 0 Å². The van der Waals surface area contributed by atoms with E-state index in [-0.39, 0.29) is 17.2 Å². The summed E-state index contributed by atoms with van der Waals surface area (Å²) in [5, 5.41) is 0.571. The molecule has 2 heterocycles. The molecule has 0 aliphatic carbocycles. The Morgan fingerprint density at radius 2 is 2.22 bits per heavy atom. The molecule has 1 amide bonds. The maximum Gasteiger partial charge on any atom is 0.410 e. The predicted octanol–water partition coefficient (Wildman–Crippen LogP) is 2.80. The minimum Gasteiger partial charge on any atom is -0.444 e. The Bertz CT molecular complexity index is 618. The molecule has 0 N–H and O–H groups in total. The van der Waals surface area contributed by atoms with Gasteiger partial charge < -0.3 is 9.64 Å². The number of aromatic nitrogens is 2. The Morgan fingerprint density at radius 3 is 2.83 bits per heavy atom. The van der Waals surface area contributed by atoms with Gasteiger partial charge in [0.15, 0.2) is 0 Å². The summed E-state index contributed by atoms with van der Waals surface area (Å²) < 4.78 is 17.7. The van der Waals surface area contributed by atoms with E-state index in [2.05, 4.69) is 9.97 Å². The first-order chi connectivity index (χ1) is 10.7. The molecule has 1 aliphatic rings. The number of hydrogen-bond acceptors (Lipinski definition) is 5. The maximum atomic E-state index is 12.4. The summed E-state index contributed by atoms with van der Waals surface area (Å²) >= 11 is 5.95. The number of nitrogens with zero attached hydrogens (tertiary/aromatic N) is 3. The standard InChI is InChI=1S/C15H22ClN3O3S/c1-10-7-17-13(18-12(10)16)23(21)9-11-5-6-19(8-11)14(20)22-15(2,3)4/h7,11H,5-6,8-9H2,1-4H3/t11-,23-/m1/s1. The Hall–Kier alpha value is -1.21. The molecular weight excluding hydrogens is 338 g/mol. The van der Waals surface area contributed by atoms with Crippen molar-refractivity contribution in [3.05, 3.63) is 16.9 Å². The second-order valence-corrected chi connectivity index (χ2v) is 8.47. The Morgan fingerprint density at radius 1 is 1.52 bits per heavy atom. The van der Waals surface area contributed by atoms with Crippen LogP contribution in [0.2, 0.25) is 5.15 Å². The molecule has 0 spiro atoms. The number of rotatable bonds is 3. The van der Waals surface area contributed by atoms with Crippen LogP contribution < -0.4 is 0 Å². The van der Waals surface area contributed by atoms with Crippen molar-refractivity contribution in [1.82, 2.24) is 14.9 Å². The summed E-state index contributed by atoms with van der Waals surface area (Å²) in [6.45, 7) is 8.47. The third kappa shape index (κ3) is 5.14. The molecule has 2 atom stereocenters. The molecule has 1 saturated heterocycles. The van der Waals surface area contributed by atoms with E-state index >= 15 is 0 Å². The van der Waals surface area contributed by atoms with Gasteiger partial charge in [0.1, 0.15) is 10.8 Å². The predicted molar refractivity (Wildman–Crippen MR) is 89.0 cm³/mol. The Labute approximate surface area is 144 Å². The fourth-order valence-corrected chi connectivity index (χ4v) is 3.66. The smallest absolute Gasteiger partial charge is 0.410 e. The van der Waals surface area contributed by atoms with Crippen LogP contribution in [0, 0.1) is 12.8 Å². The van der Waals surface area contributed by atoms with Crippen LogP contribution in [0.15, 0.2) is 11.4 Å². The van der Waals surface area contributed by atoms with Crippen molar-refractivity contribution in [3.8, 4) is 0 Å². The highest BCUT2D eigenvalue weighted by atomic mass is 35.5. The maximum absolute atomic E-state index is 12.4. The molecule has 0 saturated carbocycles. The van der Waals surface area contributed by atoms with Crippen molar-refractivity contribution in [2.24, 2.45) is 5.92 Å². The van der Waals surface area contributed by atoms with Gasteiger partial charge in [0, 0.05) is 30.6 Å². The fourth-order valence-electron chi connectivity index (χ4n) is 2.27. The average molecular weight is 360 g/mol. The quantitative estimate of drug-likeness (QED) is 0.613. The topological polar surface area (TPSA) is 72.4 Å². The SMILES string of the molecule is Cc1cnc([S@](=O)C[C@@H]2CCN(C(=O)OC(C)(C)C)C2)nc1Cl. The summed E-state index contributed by atoms with van der Waals surface area (Å²) in [5.41, 5.74) is 0.245. The number of aryl methyl sites for hydroxylation is 1. The van der Waals surface area contributed by atoms with Gasteiger partial charge in [-0.1, -0.05) is 11.6 Å². The van der Waals surface area contributed by atoms with Gasteiger partial charge in [-0.3, -0.25) is 4.21 Å². The van der Waals surface area contributed by atoms with E-state index in [9.17, 15) is 9.00 Å². The third-order valence-electron chi connectivity index (χ3n) is 3.42. The Balaban J connectivity index is 1.91. The molecule has 2 rings (SSSR count). The number of hydrogen-bond donors (Lipinski definition) is 0. The van der Waals surface area contributed by atoms with Crippen LogP contribution in [-0.4, -0.2) is 49.6 Å². The molecule has 1 aromatic heterocycles. The summed E-state index contributed by atoms with van der Waals surface area (Å²) in [6.07, 6.45) is 2.05. The molecule has 0 aromatic carbocycles. The van der Waals surface area contributed by atoms with Crippen molar-refractivity contribution in [2.75, 3.05) is 18.8 Å². The largest absolute Gasteiger partial charge is 0.444 e. The van der Waals surface area contributed by atoms with Crippen LogP contribution in [0.5, 0.6) is 0 Å². The minimum atomic E-state index is -1.32. The lowest BCUT2D eigenvalue weighted by Crippen LogP contribution is -2.35. The zero-order valence-electron chi connectivity index (χ0n) is 13.8. The summed E-state index contributed by atoms with van der Waals surface area (Å²) in [7, 11) is -1.32. The second kappa shape index (κ2) is 7.13. The van der Waals surface area contributed by atoms with Gasteiger partial charge in [-0.15, -0.1) is 0 Å². The van der Waals surface area contributed by atoms with Crippen molar-refractivity contribution >= 4 is 28.5 Å². The highest BCUT2D eigenvalue weighted by Gasteiger charge is 2.31. The van der Waals surface area contributed by atoms with E-state index in [4.69, 9.17) is 16.3 Å². The summed E-state index contributed by atoms with van der Waals surface area (Å²) in [4.78, 5) is 21.8.